The van der Waals surface area contributed by atoms with Crippen molar-refractivity contribution in [2.45, 2.75) is 37.8 Å². The molecule has 2 atom stereocenters. The fourth-order valence-corrected chi connectivity index (χ4v) is 2.63. The lowest BCUT2D eigenvalue weighted by Crippen LogP contribution is -2.32. The number of nitrogens with two attached hydrogens (primary N) is 1. The highest BCUT2D eigenvalue weighted by molar-refractivity contribution is 6.30. The zero-order chi connectivity index (χ0) is 12.4. The van der Waals surface area contributed by atoms with Crippen molar-refractivity contribution < 1.29 is 9.50 Å². The number of benzene rings is 1. The first-order chi connectivity index (χ1) is 8.09. The van der Waals surface area contributed by atoms with Gasteiger partial charge in [0.15, 0.2) is 0 Å². The average Bonchev–Trinajstić information content (AvgIpc) is 2.84. The lowest BCUT2D eigenvalue weighted by atomic mass is 9.91. The van der Waals surface area contributed by atoms with Crippen LogP contribution in [-0.4, -0.2) is 11.2 Å². The van der Waals surface area contributed by atoms with Crippen LogP contribution in [0.25, 0.3) is 0 Å². The number of rotatable bonds is 3. The van der Waals surface area contributed by atoms with E-state index in [2.05, 4.69) is 0 Å². The number of aliphatic hydroxyl groups excluding tert-OH is 1. The molecule has 0 heterocycles. The molecule has 0 bridgehead atoms. The van der Waals surface area contributed by atoms with Crippen molar-refractivity contribution in [3.05, 3.63) is 34.6 Å². The molecular formula is C13H18Cl2FNO. The Bertz CT molecular complexity index is 397. The SMILES string of the molecule is Cl.N[C@H](c1ccc(Cl)c(F)c1)[C@@H](O)C1CCCC1. The van der Waals surface area contributed by atoms with Gasteiger partial charge in [-0.25, -0.2) is 4.39 Å². The van der Waals surface area contributed by atoms with Crippen molar-refractivity contribution in [1.29, 1.82) is 0 Å². The standard InChI is InChI=1S/C13H17ClFNO.ClH/c14-10-6-5-9(7-11(10)15)12(16)13(17)8-3-1-2-4-8;/h5-8,12-13,17H,1-4,16H2;1H/t12-,13+;/m1./s1. The van der Waals surface area contributed by atoms with Crippen LogP contribution in [0, 0.1) is 11.7 Å². The second kappa shape index (κ2) is 6.71. The van der Waals surface area contributed by atoms with Gasteiger partial charge < -0.3 is 10.8 Å². The van der Waals surface area contributed by atoms with Crippen molar-refractivity contribution >= 4 is 24.0 Å². The number of hydrogen-bond acceptors (Lipinski definition) is 2. The minimum Gasteiger partial charge on any atom is -0.391 e. The highest BCUT2D eigenvalue weighted by Crippen LogP contribution is 2.33. The van der Waals surface area contributed by atoms with Gasteiger partial charge in [-0.2, -0.15) is 0 Å². The molecule has 18 heavy (non-hydrogen) atoms. The predicted molar refractivity (Wildman–Crippen MR) is 73.6 cm³/mol. The summed E-state index contributed by atoms with van der Waals surface area (Å²) in [6.07, 6.45) is 3.70. The van der Waals surface area contributed by atoms with Crippen molar-refractivity contribution in [3.8, 4) is 0 Å². The zero-order valence-electron chi connectivity index (χ0n) is 9.98. The Labute approximate surface area is 118 Å². The first kappa shape index (κ1) is 15.7. The molecule has 0 aliphatic heterocycles. The van der Waals surface area contributed by atoms with E-state index in [1.165, 1.54) is 12.1 Å². The van der Waals surface area contributed by atoms with Crippen molar-refractivity contribution in [1.82, 2.24) is 0 Å². The summed E-state index contributed by atoms with van der Waals surface area (Å²) < 4.78 is 13.3. The number of hydrogen-bond donors (Lipinski definition) is 2. The first-order valence-corrected chi connectivity index (χ1v) is 6.36. The van der Waals surface area contributed by atoms with Crippen LogP contribution >= 0.6 is 24.0 Å². The van der Waals surface area contributed by atoms with E-state index in [1.54, 1.807) is 6.07 Å². The molecule has 1 aromatic carbocycles. The molecule has 0 spiro atoms. The molecule has 1 aliphatic carbocycles. The van der Waals surface area contributed by atoms with E-state index < -0.39 is 18.0 Å². The maximum absolute atomic E-state index is 13.3. The Kier molecular flexibility index (Phi) is 5.86. The Morgan fingerprint density at radius 2 is 1.94 bits per heavy atom. The summed E-state index contributed by atoms with van der Waals surface area (Å²) in [6.45, 7) is 0. The van der Waals surface area contributed by atoms with E-state index in [4.69, 9.17) is 17.3 Å². The monoisotopic (exact) mass is 293 g/mol. The lowest BCUT2D eigenvalue weighted by Gasteiger charge is -2.24. The molecule has 1 aliphatic rings. The van der Waals surface area contributed by atoms with Gasteiger partial charge in [-0.15, -0.1) is 12.4 Å². The largest absolute Gasteiger partial charge is 0.391 e. The van der Waals surface area contributed by atoms with Gasteiger partial charge in [-0.1, -0.05) is 30.5 Å². The third kappa shape index (κ3) is 3.35. The van der Waals surface area contributed by atoms with E-state index in [9.17, 15) is 9.50 Å². The van der Waals surface area contributed by atoms with E-state index in [-0.39, 0.29) is 23.3 Å². The maximum atomic E-state index is 13.3. The van der Waals surface area contributed by atoms with Crippen LogP contribution in [-0.2, 0) is 0 Å². The summed E-state index contributed by atoms with van der Waals surface area (Å²) in [7, 11) is 0. The smallest absolute Gasteiger partial charge is 0.142 e. The summed E-state index contributed by atoms with van der Waals surface area (Å²) >= 11 is 5.61. The Hall–Kier alpha value is -0.350. The van der Waals surface area contributed by atoms with E-state index in [0.29, 0.717) is 5.56 Å². The fourth-order valence-electron chi connectivity index (χ4n) is 2.51. The molecule has 0 saturated heterocycles. The summed E-state index contributed by atoms with van der Waals surface area (Å²) in [5.41, 5.74) is 6.58. The van der Waals surface area contributed by atoms with Crippen molar-refractivity contribution in [3.63, 3.8) is 0 Å². The minimum absolute atomic E-state index is 0. The van der Waals surface area contributed by atoms with E-state index >= 15 is 0 Å². The molecule has 0 aromatic heterocycles. The molecule has 102 valence electrons. The van der Waals surface area contributed by atoms with Crippen molar-refractivity contribution in [2.75, 3.05) is 0 Å². The predicted octanol–water partition coefficient (Wildman–Crippen LogP) is 3.45. The van der Waals surface area contributed by atoms with Gasteiger partial charge in [0.2, 0.25) is 0 Å². The quantitative estimate of drug-likeness (QED) is 0.897. The minimum atomic E-state index is -0.599. The number of aliphatic hydroxyl groups is 1. The molecule has 3 N–H and O–H groups in total. The third-order valence-corrected chi connectivity index (χ3v) is 3.89. The summed E-state index contributed by atoms with van der Waals surface area (Å²) in [6, 6.07) is 3.93. The average molecular weight is 294 g/mol. The Morgan fingerprint density at radius 1 is 1.33 bits per heavy atom. The van der Waals surface area contributed by atoms with Crippen LogP contribution in [0.1, 0.15) is 37.3 Å². The van der Waals surface area contributed by atoms with Gasteiger partial charge >= 0.3 is 0 Å². The Morgan fingerprint density at radius 3 is 2.50 bits per heavy atom. The van der Waals surface area contributed by atoms with Crippen LogP contribution in [0.3, 0.4) is 0 Å². The van der Waals surface area contributed by atoms with Crippen LogP contribution in [0.2, 0.25) is 5.02 Å². The summed E-state index contributed by atoms with van der Waals surface area (Å²) in [5, 5.41) is 10.2. The summed E-state index contributed by atoms with van der Waals surface area (Å²) in [4.78, 5) is 0. The summed E-state index contributed by atoms with van der Waals surface area (Å²) in [5.74, 6) is -0.248. The fraction of sp³-hybridized carbons (Fsp3) is 0.538. The highest BCUT2D eigenvalue weighted by Gasteiger charge is 2.28. The molecule has 2 nitrogen and oxygen atoms in total. The first-order valence-electron chi connectivity index (χ1n) is 5.98. The molecule has 1 aromatic rings. The van der Waals surface area contributed by atoms with Gasteiger partial charge in [-0.05, 0) is 36.5 Å². The molecule has 0 amide bonds. The third-order valence-electron chi connectivity index (χ3n) is 3.58. The van der Waals surface area contributed by atoms with Gasteiger partial charge in [0.1, 0.15) is 5.82 Å². The number of halogens is 3. The van der Waals surface area contributed by atoms with Gasteiger partial charge in [-0.3, -0.25) is 0 Å². The van der Waals surface area contributed by atoms with Crippen LogP contribution in [0.15, 0.2) is 18.2 Å². The maximum Gasteiger partial charge on any atom is 0.142 e. The van der Waals surface area contributed by atoms with Crippen LogP contribution < -0.4 is 5.73 Å². The Balaban J connectivity index is 0.00000162. The molecule has 0 radical (unpaired) electrons. The molecule has 0 unspecified atom stereocenters. The van der Waals surface area contributed by atoms with Gasteiger partial charge in [0, 0.05) is 0 Å². The van der Waals surface area contributed by atoms with Gasteiger partial charge in [0.05, 0.1) is 17.2 Å². The lowest BCUT2D eigenvalue weighted by molar-refractivity contribution is 0.0844. The second-order valence-electron chi connectivity index (χ2n) is 4.73. The molecule has 2 rings (SSSR count). The highest BCUT2D eigenvalue weighted by atomic mass is 35.5. The molecule has 1 saturated carbocycles. The molecule has 1 fully saturated rings. The van der Waals surface area contributed by atoms with E-state index in [0.717, 1.165) is 25.7 Å². The zero-order valence-corrected chi connectivity index (χ0v) is 11.6. The molecule has 5 heteroatoms. The van der Waals surface area contributed by atoms with E-state index in [1.807, 2.05) is 0 Å². The second-order valence-corrected chi connectivity index (χ2v) is 5.14. The van der Waals surface area contributed by atoms with Crippen LogP contribution in [0.5, 0.6) is 0 Å². The normalized spacial score (nSPS) is 19.3. The van der Waals surface area contributed by atoms with Gasteiger partial charge in [0.25, 0.3) is 0 Å². The molecular weight excluding hydrogens is 276 g/mol. The van der Waals surface area contributed by atoms with Crippen molar-refractivity contribution in [2.24, 2.45) is 11.7 Å². The van der Waals surface area contributed by atoms with Crippen LogP contribution in [0.4, 0.5) is 4.39 Å². The topological polar surface area (TPSA) is 46.2 Å².